The number of halogens is 1. The molecular weight excluding hydrogens is 443 g/mol. The summed E-state index contributed by atoms with van der Waals surface area (Å²) in [6, 6.07) is 4.60. The van der Waals surface area contributed by atoms with Gasteiger partial charge in [0.15, 0.2) is 11.6 Å². The van der Waals surface area contributed by atoms with Gasteiger partial charge in [-0.1, -0.05) is 31.1 Å². The van der Waals surface area contributed by atoms with E-state index in [4.69, 9.17) is 9.47 Å². The van der Waals surface area contributed by atoms with Crippen molar-refractivity contribution < 1.29 is 18.7 Å². The number of ether oxygens (including phenoxy) is 2. The third-order valence-electron chi connectivity index (χ3n) is 8.02. The zero-order valence-electron chi connectivity index (χ0n) is 20.7. The van der Waals surface area contributed by atoms with Gasteiger partial charge in [-0.2, -0.15) is 0 Å². The number of carbonyl (C=O) groups excluding carboxylic acids is 1. The number of carbonyl (C=O) groups is 1. The molecule has 0 bridgehead atoms. The van der Waals surface area contributed by atoms with E-state index >= 15 is 0 Å². The average molecular weight is 483 g/mol. The van der Waals surface area contributed by atoms with Crippen LogP contribution in [0, 0.1) is 17.7 Å². The first-order valence-electron chi connectivity index (χ1n) is 13.6. The molecule has 1 amide bonds. The molecule has 3 fully saturated rings. The normalized spacial score (nSPS) is 29.2. The lowest BCUT2D eigenvalue weighted by Crippen LogP contribution is -2.41. The smallest absolute Gasteiger partial charge is 0.251 e. The number of hydrogen-bond acceptors (Lipinski definition) is 4. The van der Waals surface area contributed by atoms with E-state index in [0.29, 0.717) is 24.0 Å². The molecule has 2 saturated heterocycles. The van der Waals surface area contributed by atoms with Crippen molar-refractivity contribution in [1.29, 1.82) is 0 Å². The largest absolute Gasteiger partial charge is 0.488 e. The Bertz CT molecular complexity index is 932. The van der Waals surface area contributed by atoms with Crippen molar-refractivity contribution in [3.05, 3.63) is 53.4 Å². The molecule has 4 atom stereocenters. The number of hydrogen-bond donors (Lipinski definition) is 1. The fourth-order valence-electron chi connectivity index (χ4n) is 6.01. The van der Waals surface area contributed by atoms with E-state index in [1.165, 1.54) is 50.4 Å². The van der Waals surface area contributed by atoms with Gasteiger partial charge in [0.05, 0.1) is 6.10 Å². The fourth-order valence-corrected chi connectivity index (χ4v) is 6.01. The van der Waals surface area contributed by atoms with E-state index in [1.54, 1.807) is 12.1 Å². The van der Waals surface area contributed by atoms with Crippen LogP contribution in [0.4, 0.5) is 4.39 Å². The lowest BCUT2D eigenvalue weighted by atomic mass is 9.73. The highest BCUT2D eigenvalue weighted by Gasteiger charge is 2.31. The Morgan fingerprint density at radius 3 is 2.71 bits per heavy atom. The first-order valence-corrected chi connectivity index (χ1v) is 13.6. The molecule has 6 heteroatoms. The lowest BCUT2D eigenvalue weighted by molar-refractivity contribution is 0.0665. The fraction of sp³-hybridized carbons (Fsp3) is 0.621. The molecule has 2 heterocycles. The lowest BCUT2D eigenvalue weighted by Gasteiger charge is -2.36. The quantitative estimate of drug-likeness (QED) is 0.575. The van der Waals surface area contributed by atoms with Crippen LogP contribution in [-0.4, -0.2) is 55.8 Å². The highest BCUT2D eigenvalue weighted by Crippen LogP contribution is 2.36. The molecule has 35 heavy (non-hydrogen) atoms. The number of nitrogens with zero attached hydrogens (tertiary/aromatic N) is 1. The first kappa shape index (κ1) is 24.5. The molecule has 190 valence electrons. The van der Waals surface area contributed by atoms with Gasteiger partial charge >= 0.3 is 0 Å². The maximum atomic E-state index is 14.5. The summed E-state index contributed by atoms with van der Waals surface area (Å²) in [6.45, 7) is 4.59. The van der Waals surface area contributed by atoms with E-state index in [-0.39, 0.29) is 23.8 Å². The second-order valence-corrected chi connectivity index (χ2v) is 10.7. The number of nitrogens with one attached hydrogen (secondary N) is 1. The summed E-state index contributed by atoms with van der Waals surface area (Å²) in [5, 5.41) is 3.15. The van der Waals surface area contributed by atoms with Crippen molar-refractivity contribution in [3.63, 3.8) is 0 Å². The Morgan fingerprint density at radius 2 is 1.94 bits per heavy atom. The minimum Gasteiger partial charge on any atom is -0.488 e. The zero-order valence-corrected chi connectivity index (χ0v) is 20.7. The van der Waals surface area contributed by atoms with Crippen LogP contribution in [0.1, 0.15) is 68.1 Å². The van der Waals surface area contributed by atoms with Crippen LogP contribution >= 0.6 is 0 Å². The Hall–Kier alpha value is -2.18. The summed E-state index contributed by atoms with van der Waals surface area (Å²) in [5.74, 6) is 0.486. The van der Waals surface area contributed by atoms with E-state index in [0.717, 1.165) is 45.3 Å². The van der Waals surface area contributed by atoms with Crippen molar-refractivity contribution in [2.75, 3.05) is 32.8 Å². The number of allylic oxidation sites excluding steroid dienone is 2. The zero-order chi connectivity index (χ0) is 24.0. The van der Waals surface area contributed by atoms with Gasteiger partial charge in [0, 0.05) is 24.8 Å². The van der Waals surface area contributed by atoms with Gasteiger partial charge in [-0.15, -0.1) is 0 Å². The van der Waals surface area contributed by atoms with Crippen molar-refractivity contribution in [2.24, 2.45) is 11.8 Å². The van der Waals surface area contributed by atoms with Crippen molar-refractivity contribution in [1.82, 2.24) is 10.2 Å². The van der Waals surface area contributed by atoms with Crippen LogP contribution in [0.15, 0.2) is 42.0 Å². The van der Waals surface area contributed by atoms with E-state index in [1.807, 2.05) is 0 Å². The van der Waals surface area contributed by atoms with Crippen LogP contribution in [-0.2, 0) is 4.74 Å². The Morgan fingerprint density at radius 1 is 1.09 bits per heavy atom. The van der Waals surface area contributed by atoms with E-state index < -0.39 is 5.82 Å². The third-order valence-corrected chi connectivity index (χ3v) is 8.02. The minimum absolute atomic E-state index is 0.0292. The van der Waals surface area contributed by atoms with Gasteiger partial charge in [-0.25, -0.2) is 4.39 Å². The van der Waals surface area contributed by atoms with Gasteiger partial charge in [0.2, 0.25) is 0 Å². The van der Waals surface area contributed by atoms with Crippen LogP contribution < -0.4 is 10.1 Å². The van der Waals surface area contributed by atoms with E-state index in [2.05, 4.69) is 28.4 Å². The summed E-state index contributed by atoms with van der Waals surface area (Å²) in [7, 11) is 0. The molecule has 2 unspecified atom stereocenters. The number of amides is 1. The van der Waals surface area contributed by atoms with Crippen molar-refractivity contribution in [2.45, 2.75) is 69.9 Å². The van der Waals surface area contributed by atoms with Crippen molar-refractivity contribution in [3.8, 4) is 5.75 Å². The number of likely N-dealkylation sites (tertiary alicyclic amines) is 1. The third kappa shape index (κ3) is 6.53. The van der Waals surface area contributed by atoms with E-state index in [9.17, 15) is 9.18 Å². The standard InChI is InChI=1S/C29H39FN2O3/c30-27-18-24(10-12-28(27)35-20-26-6-5-15-34-26)29(33)31-25-11-9-22-16-21(7-8-23(22)17-25)19-32-13-3-1-2-4-14-32/h7-8,10,12,16,18,22-23,25-26H,1-6,9,11,13-15,17,19-20H2,(H,31,33)/t22?,23?,25-,26-/m0/s1. The molecule has 2 aliphatic carbocycles. The summed E-state index contributed by atoms with van der Waals surface area (Å²) in [4.78, 5) is 15.4. The van der Waals surface area contributed by atoms with Gasteiger partial charge in [0.25, 0.3) is 5.91 Å². The monoisotopic (exact) mass is 482 g/mol. The van der Waals surface area contributed by atoms with Crippen LogP contribution in [0.3, 0.4) is 0 Å². The van der Waals surface area contributed by atoms with Crippen molar-refractivity contribution >= 4 is 5.91 Å². The molecule has 0 radical (unpaired) electrons. The summed E-state index contributed by atoms with van der Waals surface area (Å²) in [5.41, 5.74) is 1.79. The number of fused-ring (bicyclic) bond motifs is 1. The second kappa shape index (κ2) is 11.7. The SMILES string of the molecule is O=C(N[C@H]1CCC2C=C(CN3CCCCCC3)C=CC2C1)c1ccc(OC[C@@H]2CCCO2)c(F)c1. The molecule has 0 spiro atoms. The van der Waals surface area contributed by atoms with Gasteiger partial charge in [-0.3, -0.25) is 9.69 Å². The van der Waals surface area contributed by atoms with Crippen LogP contribution in [0.5, 0.6) is 5.75 Å². The number of benzene rings is 1. The molecule has 1 aromatic rings. The topological polar surface area (TPSA) is 50.8 Å². The average Bonchev–Trinajstić information content (AvgIpc) is 3.26. The molecule has 4 aliphatic rings. The molecule has 1 N–H and O–H groups in total. The molecule has 5 rings (SSSR count). The van der Waals surface area contributed by atoms with Crippen LogP contribution in [0.2, 0.25) is 0 Å². The maximum Gasteiger partial charge on any atom is 0.251 e. The summed E-state index contributed by atoms with van der Waals surface area (Å²) in [6.07, 6.45) is 17.5. The molecular formula is C29H39FN2O3. The van der Waals surface area contributed by atoms with Crippen LogP contribution in [0.25, 0.3) is 0 Å². The number of rotatable bonds is 7. The summed E-state index contributed by atoms with van der Waals surface area (Å²) < 4.78 is 25.6. The highest BCUT2D eigenvalue weighted by atomic mass is 19.1. The molecule has 5 nitrogen and oxygen atoms in total. The Balaban J connectivity index is 1.10. The van der Waals surface area contributed by atoms with Gasteiger partial charge in [-0.05, 0) is 93.6 Å². The minimum atomic E-state index is -0.503. The maximum absolute atomic E-state index is 14.5. The first-order chi connectivity index (χ1) is 17.1. The molecule has 1 saturated carbocycles. The Labute approximate surface area is 208 Å². The predicted octanol–water partition coefficient (Wildman–Crippen LogP) is 5.27. The van der Waals surface area contributed by atoms with Gasteiger partial charge < -0.3 is 14.8 Å². The molecule has 1 aromatic carbocycles. The molecule has 0 aromatic heterocycles. The second-order valence-electron chi connectivity index (χ2n) is 10.7. The van der Waals surface area contributed by atoms with Gasteiger partial charge in [0.1, 0.15) is 6.61 Å². The highest BCUT2D eigenvalue weighted by molar-refractivity contribution is 5.94. The molecule has 2 aliphatic heterocycles. The predicted molar refractivity (Wildman–Crippen MR) is 135 cm³/mol. The summed E-state index contributed by atoms with van der Waals surface area (Å²) >= 11 is 0. The Kier molecular flexibility index (Phi) is 8.20.